The van der Waals surface area contributed by atoms with Gasteiger partial charge in [0.1, 0.15) is 0 Å². The number of fused-ring (bicyclic) bond motifs is 2. The maximum absolute atomic E-state index is 2.44. The molecule has 2 rings (SSSR count). The normalized spacial score (nSPS) is 28.4. The Bertz CT molecular complexity index is 111. The van der Waals surface area contributed by atoms with Crippen molar-refractivity contribution in [3.05, 3.63) is 18.1 Å². The molecule has 0 aromatic carbocycles. The fourth-order valence-electron chi connectivity index (χ4n) is 2.08. The van der Waals surface area contributed by atoms with Crippen LogP contribution < -0.4 is 0 Å². The third-order valence-electron chi connectivity index (χ3n) is 2.75. The first-order valence-corrected chi connectivity index (χ1v) is 4.48. The third-order valence-corrected chi connectivity index (χ3v) is 2.75. The highest BCUT2D eigenvalue weighted by atomic mass is 14.2. The Kier molecular flexibility index (Phi) is 1.79. The van der Waals surface area contributed by atoms with Crippen LogP contribution in [-0.4, -0.2) is 0 Å². The van der Waals surface area contributed by atoms with Crippen LogP contribution in [0.15, 0.2) is 12.2 Å². The quantitative estimate of drug-likeness (QED) is 0.479. The van der Waals surface area contributed by atoms with E-state index in [1.54, 1.807) is 5.92 Å². The van der Waals surface area contributed by atoms with Gasteiger partial charge >= 0.3 is 0 Å². The predicted molar refractivity (Wildman–Crippen MR) is 43.6 cm³/mol. The van der Waals surface area contributed by atoms with Crippen molar-refractivity contribution in [3.63, 3.8) is 0 Å². The lowest BCUT2D eigenvalue weighted by Crippen LogP contribution is -1.99. The zero-order chi connectivity index (χ0) is 6.81. The van der Waals surface area contributed by atoms with Gasteiger partial charge in [0.15, 0.2) is 0 Å². The van der Waals surface area contributed by atoms with Gasteiger partial charge in [0.2, 0.25) is 0 Å². The third kappa shape index (κ3) is 1.25. The molecule has 0 heterocycles. The zero-order valence-corrected chi connectivity index (χ0v) is 6.47. The Labute approximate surface area is 63.3 Å². The predicted octanol–water partition coefficient (Wildman–Crippen LogP) is 3.10. The molecule has 0 N–H and O–H groups in total. The van der Waals surface area contributed by atoms with E-state index in [-0.39, 0.29) is 0 Å². The van der Waals surface area contributed by atoms with E-state index in [0.717, 1.165) is 5.92 Å². The smallest absolute Gasteiger partial charge is 0.00272 e. The molecule has 2 bridgehead atoms. The monoisotopic (exact) mass is 135 g/mol. The molecular formula is C10H15. The molecule has 0 atom stereocenters. The van der Waals surface area contributed by atoms with Crippen LogP contribution in [0.3, 0.4) is 0 Å². The molecule has 0 amide bonds. The summed E-state index contributed by atoms with van der Waals surface area (Å²) in [4.78, 5) is 0. The number of hydrogen-bond acceptors (Lipinski definition) is 0. The van der Waals surface area contributed by atoms with Gasteiger partial charge in [-0.15, -0.1) is 0 Å². The van der Waals surface area contributed by atoms with E-state index >= 15 is 0 Å². The largest absolute Gasteiger partial charge is 0.0848 e. The van der Waals surface area contributed by atoms with E-state index in [0.29, 0.717) is 0 Å². The Morgan fingerprint density at radius 1 is 1.10 bits per heavy atom. The molecule has 55 valence electrons. The molecule has 10 heavy (non-hydrogen) atoms. The van der Waals surface area contributed by atoms with Crippen LogP contribution >= 0.6 is 0 Å². The second-order valence-electron chi connectivity index (χ2n) is 3.56. The zero-order valence-electron chi connectivity index (χ0n) is 6.47. The van der Waals surface area contributed by atoms with Gasteiger partial charge in [-0.3, -0.25) is 0 Å². The Morgan fingerprint density at radius 3 is 2.50 bits per heavy atom. The van der Waals surface area contributed by atoms with Crippen LogP contribution in [0.2, 0.25) is 0 Å². The van der Waals surface area contributed by atoms with Crippen molar-refractivity contribution in [2.75, 3.05) is 0 Å². The summed E-state index contributed by atoms with van der Waals surface area (Å²) in [5.41, 5.74) is 0. The highest BCUT2D eigenvalue weighted by Crippen LogP contribution is 2.33. The van der Waals surface area contributed by atoms with Crippen molar-refractivity contribution >= 4 is 0 Å². The molecule has 0 fully saturated rings. The minimum Gasteiger partial charge on any atom is -0.0848 e. The van der Waals surface area contributed by atoms with Crippen LogP contribution in [0.5, 0.6) is 0 Å². The highest BCUT2D eigenvalue weighted by molar-refractivity contribution is 5.14. The van der Waals surface area contributed by atoms with Crippen molar-refractivity contribution in [2.45, 2.75) is 38.5 Å². The first-order chi connectivity index (χ1) is 4.95. The summed E-state index contributed by atoms with van der Waals surface area (Å²) in [7, 11) is 0. The fraction of sp³-hybridized carbons (Fsp3) is 0.700. The van der Waals surface area contributed by atoms with Crippen molar-refractivity contribution < 1.29 is 0 Å². The lowest BCUT2D eigenvalue weighted by atomic mass is 9.91. The first kappa shape index (κ1) is 6.45. The summed E-state index contributed by atoms with van der Waals surface area (Å²) in [5.74, 6) is 2.64. The first-order valence-electron chi connectivity index (χ1n) is 4.48. The summed E-state index contributed by atoms with van der Waals surface area (Å²) in [6.45, 7) is 0. The van der Waals surface area contributed by atoms with Gasteiger partial charge in [0, 0.05) is 0 Å². The van der Waals surface area contributed by atoms with E-state index < -0.39 is 0 Å². The van der Waals surface area contributed by atoms with Crippen molar-refractivity contribution in [2.24, 2.45) is 5.92 Å². The van der Waals surface area contributed by atoms with Crippen molar-refractivity contribution in [1.29, 1.82) is 0 Å². The summed E-state index contributed by atoms with van der Waals surface area (Å²) in [5, 5.41) is 0. The van der Waals surface area contributed by atoms with E-state index in [1.807, 2.05) is 0 Å². The summed E-state index contributed by atoms with van der Waals surface area (Å²) in [6, 6.07) is 0. The lowest BCUT2D eigenvalue weighted by molar-refractivity contribution is 0.477. The van der Waals surface area contributed by atoms with Crippen LogP contribution in [-0.2, 0) is 0 Å². The molecule has 0 aromatic rings. The second kappa shape index (κ2) is 2.77. The Morgan fingerprint density at radius 2 is 1.80 bits per heavy atom. The SMILES string of the molecule is C1=CC2CCC[C]1CCC2. The Hall–Kier alpha value is -0.260. The molecule has 2 aliphatic rings. The maximum Gasteiger partial charge on any atom is -0.00272 e. The van der Waals surface area contributed by atoms with Gasteiger partial charge in [0.25, 0.3) is 0 Å². The van der Waals surface area contributed by atoms with Gasteiger partial charge in [0.05, 0.1) is 0 Å². The van der Waals surface area contributed by atoms with Crippen molar-refractivity contribution in [1.82, 2.24) is 0 Å². The van der Waals surface area contributed by atoms with Gasteiger partial charge < -0.3 is 0 Å². The van der Waals surface area contributed by atoms with Crippen LogP contribution in [0.1, 0.15) is 38.5 Å². The van der Waals surface area contributed by atoms with E-state index in [2.05, 4.69) is 12.2 Å². The number of hydrogen-bond donors (Lipinski definition) is 0. The minimum atomic E-state index is 0.931. The molecule has 0 nitrogen and oxygen atoms in total. The molecule has 0 saturated carbocycles. The molecule has 0 aliphatic heterocycles. The standard InChI is InChI=1S/C10H15/c1-3-9-5-2-6-10(4-1)8-7-9/h7-9H,1-6H2. The lowest BCUT2D eigenvalue weighted by Gasteiger charge is -2.14. The summed E-state index contributed by atoms with van der Waals surface area (Å²) >= 11 is 0. The molecule has 0 spiro atoms. The second-order valence-corrected chi connectivity index (χ2v) is 3.56. The van der Waals surface area contributed by atoms with E-state index in [1.165, 1.54) is 38.5 Å². The average Bonchev–Trinajstić information content (AvgIpc) is 2.17. The highest BCUT2D eigenvalue weighted by Gasteiger charge is 2.17. The molecular weight excluding hydrogens is 120 g/mol. The van der Waals surface area contributed by atoms with Gasteiger partial charge in [-0.1, -0.05) is 25.0 Å². The maximum atomic E-state index is 2.44. The average molecular weight is 135 g/mol. The van der Waals surface area contributed by atoms with Gasteiger partial charge in [-0.25, -0.2) is 0 Å². The summed E-state index contributed by atoms with van der Waals surface area (Å²) in [6.07, 6.45) is 13.4. The van der Waals surface area contributed by atoms with E-state index in [4.69, 9.17) is 0 Å². The molecule has 0 saturated heterocycles. The van der Waals surface area contributed by atoms with Crippen molar-refractivity contribution in [3.8, 4) is 0 Å². The van der Waals surface area contributed by atoms with Crippen LogP contribution in [0, 0.1) is 11.8 Å². The number of rotatable bonds is 0. The molecule has 2 aliphatic carbocycles. The van der Waals surface area contributed by atoms with Gasteiger partial charge in [-0.05, 0) is 37.5 Å². The minimum absolute atomic E-state index is 0.931. The molecule has 1 radical (unpaired) electrons. The molecule has 0 aromatic heterocycles. The van der Waals surface area contributed by atoms with E-state index in [9.17, 15) is 0 Å². The number of allylic oxidation sites excluding steroid dienone is 2. The fourth-order valence-corrected chi connectivity index (χ4v) is 2.08. The summed E-state index contributed by atoms with van der Waals surface area (Å²) < 4.78 is 0. The van der Waals surface area contributed by atoms with Crippen LogP contribution in [0.25, 0.3) is 0 Å². The molecule has 0 unspecified atom stereocenters. The topological polar surface area (TPSA) is 0 Å². The molecule has 0 heteroatoms. The van der Waals surface area contributed by atoms with Gasteiger partial charge in [-0.2, -0.15) is 0 Å². The van der Waals surface area contributed by atoms with Crippen LogP contribution in [0.4, 0.5) is 0 Å². The Balaban J connectivity index is 2.10.